The lowest BCUT2D eigenvalue weighted by atomic mass is 10.1. The van der Waals surface area contributed by atoms with Crippen molar-refractivity contribution in [1.82, 2.24) is 10.2 Å². The van der Waals surface area contributed by atoms with Crippen LogP contribution in [0.1, 0.15) is 38.8 Å². The number of aryl methyl sites for hydroxylation is 1. The minimum atomic E-state index is -4.19. The molecule has 1 atom stereocenters. The van der Waals surface area contributed by atoms with Gasteiger partial charge < -0.3 is 15.0 Å². The van der Waals surface area contributed by atoms with E-state index in [-0.39, 0.29) is 28.1 Å². The van der Waals surface area contributed by atoms with E-state index in [0.717, 1.165) is 15.4 Å². The van der Waals surface area contributed by atoms with E-state index < -0.39 is 34.1 Å². The van der Waals surface area contributed by atoms with Crippen molar-refractivity contribution in [1.29, 1.82) is 0 Å². The summed E-state index contributed by atoms with van der Waals surface area (Å²) < 4.78 is 34.0. The number of benzene rings is 3. The third kappa shape index (κ3) is 7.76. The molecule has 3 aromatic rings. The fraction of sp³-hybridized carbons (Fsp3) is 0.333. The van der Waals surface area contributed by atoms with Gasteiger partial charge in [-0.2, -0.15) is 0 Å². The number of methoxy groups -OCH3 is 1. The van der Waals surface area contributed by atoms with Gasteiger partial charge in [0, 0.05) is 12.1 Å². The van der Waals surface area contributed by atoms with Gasteiger partial charge in [0.1, 0.15) is 18.3 Å². The zero-order valence-electron chi connectivity index (χ0n) is 23.6. The van der Waals surface area contributed by atoms with Gasteiger partial charge >= 0.3 is 0 Å². The van der Waals surface area contributed by atoms with Gasteiger partial charge in [-0.05, 0) is 76.6 Å². The van der Waals surface area contributed by atoms with Crippen LogP contribution in [0.2, 0.25) is 5.02 Å². The summed E-state index contributed by atoms with van der Waals surface area (Å²) in [5.41, 5.74) is 1.27. The second kappa shape index (κ2) is 12.7. The number of carbonyl (C=O) groups excluding carboxylic acids is 2. The Labute approximate surface area is 241 Å². The average Bonchev–Trinajstić information content (AvgIpc) is 2.90. The first-order valence-corrected chi connectivity index (χ1v) is 14.6. The van der Waals surface area contributed by atoms with Crippen LogP contribution < -0.4 is 14.4 Å². The highest BCUT2D eigenvalue weighted by Crippen LogP contribution is 2.31. The first-order valence-electron chi connectivity index (χ1n) is 12.8. The minimum Gasteiger partial charge on any atom is -0.497 e. The molecule has 8 nitrogen and oxygen atoms in total. The smallest absolute Gasteiger partial charge is 0.264 e. The fourth-order valence-corrected chi connectivity index (χ4v) is 5.71. The van der Waals surface area contributed by atoms with Crippen molar-refractivity contribution in [3.05, 3.63) is 88.9 Å². The number of amides is 2. The van der Waals surface area contributed by atoms with Gasteiger partial charge in [0.2, 0.25) is 11.8 Å². The number of rotatable bonds is 10. The van der Waals surface area contributed by atoms with Gasteiger partial charge in [0.15, 0.2) is 0 Å². The zero-order valence-corrected chi connectivity index (χ0v) is 25.2. The molecule has 1 N–H and O–H groups in total. The topological polar surface area (TPSA) is 96.0 Å². The Morgan fingerprint density at radius 2 is 1.57 bits per heavy atom. The Balaban J connectivity index is 2.04. The molecule has 0 unspecified atom stereocenters. The van der Waals surface area contributed by atoms with Crippen LogP contribution in [0.5, 0.6) is 5.75 Å². The van der Waals surface area contributed by atoms with Crippen LogP contribution in [0.15, 0.2) is 77.7 Å². The van der Waals surface area contributed by atoms with E-state index in [1.165, 1.54) is 17.0 Å². The number of nitrogens with zero attached hydrogens (tertiary/aromatic N) is 2. The zero-order chi connectivity index (χ0) is 29.7. The van der Waals surface area contributed by atoms with Crippen LogP contribution in [0.3, 0.4) is 0 Å². The largest absolute Gasteiger partial charge is 0.497 e. The molecule has 0 aromatic heterocycles. The fourth-order valence-electron chi connectivity index (χ4n) is 3.99. The van der Waals surface area contributed by atoms with E-state index in [4.69, 9.17) is 16.3 Å². The van der Waals surface area contributed by atoms with Gasteiger partial charge in [-0.3, -0.25) is 13.9 Å². The lowest BCUT2D eigenvalue weighted by Gasteiger charge is -2.33. The molecule has 40 heavy (non-hydrogen) atoms. The Bertz CT molecular complexity index is 1440. The summed E-state index contributed by atoms with van der Waals surface area (Å²) in [6.07, 6.45) is 0. The van der Waals surface area contributed by atoms with Gasteiger partial charge in [0.25, 0.3) is 10.0 Å². The molecule has 0 heterocycles. The van der Waals surface area contributed by atoms with Crippen LogP contribution >= 0.6 is 11.6 Å². The lowest BCUT2D eigenvalue weighted by Crippen LogP contribution is -2.54. The SMILES string of the molecule is COc1ccc(CN(C(=O)CN(c2ccccc2Cl)S(=O)(=O)c2ccc(C)cc2)[C@@H](C)C(=O)NC(C)(C)C)cc1. The molecule has 0 fully saturated rings. The average molecular weight is 586 g/mol. The van der Waals surface area contributed by atoms with Crippen molar-refractivity contribution in [3.8, 4) is 5.75 Å². The number of carbonyl (C=O) groups is 2. The van der Waals surface area contributed by atoms with E-state index in [1.54, 1.807) is 74.7 Å². The van der Waals surface area contributed by atoms with Crippen LogP contribution in [0, 0.1) is 6.92 Å². The number of ether oxygens (including phenoxy) is 1. The third-order valence-corrected chi connectivity index (χ3v) is 8.28. The van der Waals surface area contributed by atoms with E-state index in [2.05, 4.69) is 5.32 Å². The van der Waals surface area contributed by atoms with Crippen LogP contribution in [-0.2, 0) is 26.2 Å². The Kier molecular flexibility index (Phi) is 9.87. The van der Waals surface area contributed by atoms with Crippen LogP contribution in [0.4, 0.5) is 5.69 Å². The predicted molar refractivity (Wildman–Crippen MR) is 158 cm³/mol. The van der Waals surface area contributed by atoms with Gasteiger partial charge in [-0.15, -0.1) is 0 Å². The van der Waals surface area contributed by atoms with Crippen LogP contribution in [0.25, 0.3) is 0 Å². The molecule has 2 amide bonds. The molecular formula is C30H36ClN3O5S. The highest BCUT2D eigenvalue weighted by atomic mass is 35.5. The van der Waals surface area contributed by atoms with E-state index in [9.17, 15) is 18.0 Å². The molecule has 0 aliphatic heterocycles. The number of hydrogen-bond donors (Lipinski definition) is 1. The Morgan fingerprint density at radius 1 is 0.975 bits per heavy atom. The quantitative estimate of drug-likeness (QED) is 0.353. The molecule has 0 aliphatic rings. The van der Waals surface area contributed by atoms with Gasteiger partial charge in [-0.1, -0.05) is 53.6 Å². The number of nitrogens with one attached hydrogen (secondary N) is 1. The summed E-state index contributed by atoms with van der Waals surface area (Å²) in [7, 11) is -2.64. The summed E-state index contributed by atoms with van der Waals surface area (Å²) >= 11 is 6.44. The number of para-hydroxylation sites is 1. The number of halogens is 1. The third-order valence-electron chi connectivity index (χ3n) is 6.19. The Morgan fingerprint density at radius 3 is 2.12 bits per heavy atom. The first-order chi connectivity index (χ1) is 18.7. The van der Waals surface area contributed by atoms with E-state index in [0.29, 0.717) is 5.75 Å². The molecule has 214 valence electrons. The molecule has 0 radical (unpaired) electrons. The molecule has 0 spiro atoms. The van der Waals surface area contributed by atoms with E-state index in [1.807, 2.05) is 27.7 Å². The number of anilines is 1. The molecule has 0 aliphatic carbocycles. The highest BCUT2D eigenvalue weighted by Gasteiger charge is 2.34. The summed E-state index contributed by atoms with van der Waals surface area (Å²) in [5.74, 6) is -0.280. The highest BCUT2D eigenvalue weighted by molar-refractivity contribution is 7.92. The van der Waals surface area contributed by atoms with Crippen molar-refractivity contribution in [3.63, 3.8) is 0 Å². The van der Waals surface area contributed by atoms with Crippen molar-refractivity contribution >= 4 is 39.1 Å². The summed E-state index contributed by atoms with van der Waals surface area (Å²) in [4.78, 5) is 28.6. The van der Waals surface area contributed by atoms with E-state index >= 15 is 0 Å². The molecule has 10 heteroatoms. The van der Waals surface area contributed by atoms with Crippen molar-refractivity contribution in [2.75, 3.05) is 18.0 Å². The molecule has 3 aromatic carbocycles. The van der Waals surface area contributed by atoms with Gasteiger partial charge in [0.05, 0.1) is 22.7 Å². The second-order valence-electron chi connectivity index (χ2n) is 10.6. The molecule has 0 saturated heterocycles. The molecule has 3 rings (SSSR count). The van der Waals surface area contributed by atoms with Crippen molar-refractivity contribution < 1.29 is 22.7 Å². The maximum atomic E-state index is 14.0. The summed E-state index contributed by atoms with van der Waals surface area (Å²) in [6.45, 7) is 8.52. The van der Waals surface area contributed by atoms with Crippen molar-refractivity contribution in [2.45, 2.75) is 57.6 Å². The maximum absolute atomic E-state index is 14.0. The lowest BCUT2D eigenvalue weighted by molar-refractivity contribution is -0.140. The monoisotopic (exact) mass is 585 g/mol. The normalized spacial score (nSPS) is 12.4. The van der Waals surface area contributed by atoms with Crippen LogP contribution in [-0.4, -0.2) is 50.4 Å². The maximum Gasteiger partial charge on any atom is 0.264 e. The second-order valence-corrected chi connectivity index (χ2v) is 12.8. The minimum absolute atomic E-state index is 0.0195. The standard InChI is InChI=1S/C30H36ClN3O5S/c1-21-11-17-25(18-12-21)40(37,38)34(27-10-8-7-9-26(27)31)20-28(35)33(22(2)29(36)32-30(3,4)5)19-23-13-15-24(39-6)16-14-23/h7-18,22H,19-20H2,1-6H3,(H,32,36)/t22-/m0/s1. The molecule has 0 saturated carbocycles. The first kappa shape index (κ1) is 31.0. The van der Waals surface area contributed by atoms with Gasteiger partial charge in [-0.25, -0.2) is 8.42 Å². The number of sulfonamides is 1. The predicted octanol–water partition coefficient (Wildman–Crippen LogP) is 5.18. The number of hydrogen-bond acceptors (Lipinski definition) is 5. The molecular weight excluding hydrogens is 550 g/mol. The molecule has 0 bridgehead atoms. The summed E-state index contributed by atoms with van der Waals surface area (Å²) in [6, 6.07) is 19.0. The summed E-state index contributed by atoms with van der Waals surface area (Å²) in [5, 5.41) is 3.08. The van der Waals surface area contributed by atoms with Crippen molar-refractivity contribution in [2.24, 2.45) is 0 Å². The Hall–Kier alpha value is -3.56.